The molecule has 240 valence electrons. The van der Waals surface area contributed by atoms with Crippen LogP contribution in [0.5, 0.6) is 0 Å². The Morgan fingerprint density at radius 1 is 1.04 bits per heavy atom. The molecule has 0 radical (unpaired) electrons. The molecule has 1 N–H and O–H groups in total. The monoisotopic (exact) mass is 625 g/mol. The van der Waals surface area contributed by atoms with Crippen LogP contribution >= 0.6 is 0 Å². The SMILES string of the molecule is C[C@H]1[C@H](C(C)(C)F)[C@@H](CC(=O)N2Cc3ccccc3C[C@H]2CO)O[C@]12C(=O)N(Cc1ccccc1)c1ccc(N3CCC3=O)cc12. The summed E-state index contributed by atoms with van der Waals surface area (Å²) in [6.45, 7) is 5.85. The van der Waals surface area contributed by atoms with Crippen molar-refractivity contribution in [2.45, 2.75) is 76.5 Å². The zero-order valence-electron chi connectivity index (χ0n) is 26.5. The predicted molar refractivity (Wildman–Crippen MR) is 172 cm³/mol. The Bertz CT molecular complexity index is 1690. The van der Waals surface area contributed by atoms with E-state index in [2.05, 4.69) is 0 Å². The van der Waals surface area contributed by atoms with E-state index in [4.69, 9.17) is 4.74 Å². The molecule has 2 fully saturated rings. The van der Waals surface area contributed by atoms with Gasteiger partial charge in [0.1, 0.15) is 5.67 Å². The van der Waals surface area contributed by atoms with E-state index in [9.17, 15) is 19.5 Å². The number of carbonyl (C=O) groups is 3. The van der Waals surface area contributed by atoms with Gasteiger partial charge in [0, 0.05) is 42.6 Å². The molecule has 4 aliphatic heterocycles. The third-order valence-corrected chi connectivity index (χ3v) is 10.6. The van der Waals surface area contributed by atoms with Gasteiger partial charge in [0.25, 0.3) is 5.91 Å². The minimum atomic E-state index is -1.78. The van der Waals surface area contributed by atoms with Crippen LogP contribution in [0.1, 0.15) is 55.9 Å². The molecular weight excluding hydrogens is 585 g/mol. The summed E-state index contributed by atoms with van der Waals surface area (Å²) in [5.74, 6) is -1.95. The van der Waals surface area contributed by atoms with Crippen molar-refractivity contribution in [1.82, 2.24) is 4.90 Å². The second-order valence-electron chi connectivity index (χ2n) is 13.7. The van der Waals surface area contributed by atoms with E-state index in [0.29, 0.717) is 49.4 Å². The highest BCUT2D eigenvalue weighted by Crippen LogP contribution is 2.59. The molecule has 9 heteroatoms. The van der Waals surface area contributed by atoms with Gasteiger partial charge in [-0.05, 0) is 55.2 Å². The van der Waals surface area contributed by atoms with Gasteiger partial charge in [-0.2, -0.15) is 0 Å². The van der Waals surface area contributed by atoms with Crippen LogP contribution in [0.2, 0.25) is 0 Å². The number of rotatable bonds is 7. The molecule has 0 saturated carbocycles. The molecule has 4 heterocycles. The smallest absolute Gasteiger partial charge is 0.264 e. The van der Waals surface area contributed by atoms with Crippen LogP contribution in [-0.4, -0.2) is 58.7 Å². The van der Waals surface area contributed by atoms with Crippen molar-refractivity contribution in [3.63, 3.8) is 0 Å². The van der Waals surface area contributed by atoms with Crippen molar-refractivity contribution < 1.29 is 28.6 Å². The Kier molecular flexibility index (Phi) is 7.52. The zero-order valence-corrected chi connectivity index (χ0v) is 26.5. The van der Waals surface area contributed by atoms with Crippen LogP contribution in [0.3, 0.4) is 0 Å². The van der Waals surface area contributed by atoms with E-state index in [1.54, 1.807) is 14.7 Å². The first-order valence-corrected chi connectivity index (χ1v) is 16.2. The molecule has 0 bridgehead atoms. The summed E-state index contributed by atoms with van der Waals surface area (Å²) in [5, 5.41) is 10.2. The molecule has 4 aliphatic rings. The molecule has 0 aromatic heterocycles. The molecule has 1 spiro atoms. The number of hydrogen-bond donors (Lipinski definition) is 1. The van der Waals surface area contributed by atoms with E-state index in [-0.39, 0.29) is 30.7 Å². The van der Waals surface area contributed by atoms with Gasteiger partial charge in [-0.25, -0.2) is 4.39 Å². The van der Waals surface area contributed by atoms with Gasteiger partial charge in [0.2, 0.25) is 11.8 Å². The van der Waals surface area contributed by atoms with Gasteiger partial charge >= 0.3 is 0 Å². The van der Waals surface area contributed by atoms with E-state index in [0.717, 1.165) is 16.7 Å². The number of benzene rings is 3. The second kappa shape index (κ2) is 11.3. The number of anilines is 2. The van der Waals surface area contributed by atoms with E-state index < -0.39 is 35.3 Å². The summed E-state index contributed by atoms with van der Waals surface area (Å²) >= 11 is 0. The van der Waals surface area contributed by atoms with Crippen LogP contribution in [0.15, 0.2) is 72.8 Å². The molecule has 8 nitrogen and oxygen atoms in total. The van der Waals surface area contributed by atoms with Crippen LogP contribution in [0, 0.1) is 11.8 Å². The van der Waals surface area contributed by atoms with Crippen molar-refractivity contribution in [3.8, 4) is 0 Å². The minimum absolute atomic E-state index is 0.00707. The molecule has 3 amide bonds. The van der Waals surface area contributed by atoms with Gasteiger partial charge in [-0.1, -0.05) is 61.5 Å². The molecule has 0 unspecified atom stereocenters. The van der Waals surface area contributed by atoms with E-state index in [1.165, 1.54) is 13.8 Å². The summed E-state index contributed by atoms with van der Waals surface area (Å²) in [4.78, 5) is 46.3. The van der Waals surface area contributed by atoms with Crippen molar-refractivity contribution in [1.29, 1.82) is 0 Å². The number of halogens is 1. The highest BCUT2D eigenvalue weighted by atomic mass is 19.1. The number of alkyl halides is 1. The third kappa shape index (κ3) is 4.83. The number of nitrogens with zero attached hydrogens (tertiary/aromatic N) is 3. The molecule has 46 heavy (non-hydrogen) atoms. The highest BCUT2D eigenvalue weighted by Gasteiger charge is 2.66. The fourth-order valence-electron chi connectivity index (χ4n) is 8.25. The number of β-lactam (4-membered cyclic amide) rings is 1. The average molecular weight is 626 g/mol. The van der Waals surface area contributed by atoms with E-state index in [1.807, 2.05) is 79.7 Å². The van der Waals surface area contributed by atoms with Gasteiger partial charge in [0.05, 0.1) is 37.4 Å². The fourth-order valence-corrected chi connectivity index (χ4v) is 8.25. The Balaban J connectivity index is 1.27. The van der Waals surface area contributed by atoms with Crippen molar-refractivity contribution in [2.24, 2.45) is 11.8 Å². The predicted octanol–water partition coefficient (Wildman–Crippen LogP) is 4.90. The molecule has 3 aromatic rings. The quantitative estimate of drug-likeness (QED) is 0.378. The number of carbonyl (C=O) groups excluding carboxylic acids is 3. The summed E-state index contributed by atoms with van der Waals surface area (Å²) in [5.41, 5.74) is 1.66. The molecule has 7 rings (SSSR count). The number of ether oxygens (including phenoxy) is 1. The Morgan fingerprint density at radius 2 is 1.76 bits per heavy atom. The van der Waals surface area contributed by atoms with Gasteiger partial charge < -0.3 is 24.5 Å². The Morgan fingerprint density at radius 3 is 2.41 bits per heavy atom. The zero-order chi connectivity index (χ0) is 32.4. The standard InChI is InChI=1S/C37H40FN3O5/c1-23-34(36(2,3)38)31(19-33(44)40-21-26-12-8-7-11-25(26)17-28(40)22-42)46-37(23)29-18-27(39-16-15-32(39)43)13-14-30(29)41(35(37)45)20-24-9-5-4-6-10-24/h4-14,18,23,28,31,34,42H,15-17,19-22H2,1-3H3/t23-,28-,31+,34-,37+/m0/s1. The number of fused-ring (bicyclic) bond motifs is 3. The van der Waals surface area contributed by atoms with Crippen LogP contribution in [0.25, 0.3) is 0 Å². The normalized spacial score (nSPS) is 27.2. The van der Waals surface area contributed by atoms with Crippen molar-refractivity contribution >= 4 is 29.1 Å². The lowest BCUT2D eigenvalue weighted by Gasteiger charge is -2.37. The maximum atomic E-state index is 16.3. The maximum absolute atomic E-state index is 16.3. The van der Waals surface area contributed by atoms with Gasteiger partial charge in [-0.15, -0.1) is 0 Å². The molecule has 2 saturated heterocycles. The topological polar surface area (TPSA) is 90.4 Å². The van der Waals surface area contributed by atoms with Crippen LogP contribution < -0.4 is 9.80 Å². The molecule has 5 atom stereocenters. The largest absolute Gasteiger partial charge is 0.394 e. The number of aliphatic hydroxyl groups is 1. The fraction of sp³-hybridized carbons (Fsp3) is 0.432. The number of amides is 3. The van der Waals surface area contributed by atoms with Crippen LogP contribution in [0.4, 0.5) is 15.8 Å². The number of hydrogen-bond acceptors (Lipinski definition) is 5. The minimum Gasteiger partial charge on any atom is -0.394 e. The summed E-state index contributed by atoms with van der Waals surface area (Å²) in [6.07, 6.45) is -0.0387. The third-order valence-electron chi connectivity index (χ3n) is 10.6. The summed E-state index contributed by atoms with van der Waals surface area (Å²) in [6, 6.07) is 22.7. The van der Waals surface area contributed by atoms with Gasteiger partial charge in [0.15, 0.2) is 5.60 Å². The Hall–Kier alpha value is -4.08. The molecule has 0 aliphatic carbocycles. The maximum Gasteiger partial charge on any atom is 0.264 e. The first kappa shape index (κ1) is 30.6. The number of aliphatic hydroxyl groups excluding tert-OH is 1. The van der Waals surface area contributed by atoms with Gasteiger partial charge in [-0.3, -0.25) is 14.4 Å². The lowest BCUT2D eigenvalue weighted by atomic mass is 9.71. The second-order valence-corrected chi connectivity index (χ2v) is 13.7. The Labute approximate surface area is 268 Å². The lowest BCUT2D eigenvalue weighted by Crippen LogP contribution is -2.48. The first-order valence-electron chi connectivity index (χ1n) is 16.2. The van der Waals surface area contributed by atoms with Crippen molar-refractivity contribution in [3.05, 3.63) is 95.1 Å². The summed E-state index contributed by atoms with van der Waals surface area (Å²) in [7, 11) is 0. The average Bonchev–Trinajstić information content (AvgIpc) is 3.46. The lowest BCUT2D eigenvalue weighted by molar-refractivity contribution is -0.151. The highest BCUT2D eigenvalue weighted by molar-refractivity contribution is 6.09. The summed E-state index contributed by atoms with van der Waals surface area (Å²) < 4.78 is 23.1. The molecule has 3 aromatic carbocycles. The van der Waals surface area contributed by atoms with Crippen molar-refractivity contribution in [2.75, 3.05) is 23.0 Å². The van der Waals surface area contributed by atoms with Crippen LogP contribution in [-0.2, 0) is 44.2 Å². The van der Waals surface area contributed by atoms with E-state index >= 15 is 4.39 Å². The first-order chi connectivity index (χ1) is 22.0. The molecular formula is C37H40FN3O5.